The van der Waals surface area contributed by atoms with Gasteiger partial charge in [0.25, 0.3) is 0 Å². The van der Waals surface area contributed by atoms with Crippen LogP contribution in [0, 0.1) is 0 Å². The van der Waals surface area contributed by atoms with Crippen LogP contribution < -0.4 is 5.73 Å². The van der Waals surface area contributed by atoms with Gasteiger partial charge in [-0.25, -0.2) is 4.98 Å². The van der Waals surface area contributed by atoms with Gasteiger partial charge in [-0.2, -0.15) is 5.10 Å². The smallest absolute Gasteiger partial charge is 0.172 e. The second-order valence-electron chi connectivity index (χ2n) is 3.61. The molecule has 0 aliphatic rings. The molecule has 0 aliphatic heterocycles. The van der Waals surface area contributed by atoms with E-state index < -0.39 is 6.29 Å². The van der Waals surface area contributed by atoms with E-state index in [1.165, 1.54) is 0 Å². The zero-order chi connectivity index (χ0) is 12.0. The predicted octanol–water partition coefficient (Wildman–Crippen LogP) is 0.177. The minimum absolute atomic E-state index is 0.241. The topological polar surface area (TPSA) is 75.2 Å². The van der Waals surface area contributed by atoms with Gasteiger partial charge in [-0.1, -0.05) is 6.92 Å². The van der Waals surface area contributed by atoms with E-state index >= 15 is 0 Å². The summed E-state index contributed by atoms with van der Waals surface area (Å²) in [4.78, 5) is 4.19. The Morgan fingerprint density at radius 3 is 2.69 bits per heavy atom. The van der Waals surface area contributed by atoms with Gasteiger partial charge in [0.05, 0.1) is 6.04 Å². The number of rotatable bonds is 7. The third-order valence-electron chi connectivity index (χ3n) is 2.36. The van der Waals surface area contributed by atoms with E-state index in [4.69, 9.17) is 15.2 Å². The number of aromatic nitrogens is 3. The summed E-state index contributed by atoms with van der Waals surface area (Å²) in [5.74, 6) is 0.869. The van der Waals surface area contributed by atoms with Gasteiger partial charge >= 0.3 is 0 Å². The quantitative estimate of drug-likeness (QED) is 0.674. The van der Waals surface area contributed by atoms with E-state index in [1.807, 2.05) is 4.68 Å². The number of hydrogen-bond acceptors (Lipinski definition) is 5. The van der Waals surface area contributed by atoms with Crippen LogP contribution >= 0.6 is 0 Å². The number of aryl methyl sites for hydroxylation is 1. The maximum Gasteiger partial charge on any atom is 0.172 e. The van der Waals surface area contributed by atoms with Crippen LogP contribution in [0.2, 0.25) is 0 Å². The maximum atomic E-state index is 5.96. The molecule has 0 aliphatic carbocycles. The maximum absolute atomic E-state index is 5.96. The molecule has 2 N–H and O–H groups in total. The molecule has 0 saturated carbocycles. The normalized spacial score (nSPS) is 13.3. The molecule has 1 atom stereocenters. The lowest BCUT2D eigenvalue weighted by Gasteiger charge is -2.20. The molecule has 1 rings (SSSR count). The molecule has 0 aromatic carbocycles. The van der Waals surface area contributed by atoms with Crippen LogP contribution in [0.4, 0.5) is 0 Å². The molecular formula is C10H20N4O2. The average Bonchev–Trinajstić information content (AvgIpc) is 2.68. The Morgan fingerprint density at radius 1 is 1.44 bits per heavy atom. The van der Waals surface area contributed by atoms with Crippen molar-refractivity contribution in [2.24, 2.45) is 5.73 Å². The molecule has 6 heteroatoms. The van der Waals surface area contributed by atoms with Crippen molar-refractivity contribution in [1.82, 2.24) is 14.8 Å². The van der Waals surface area contributed by atoms with Gasteiger partial charge in [0.15, 0.2) is 6.29 Å². The standard InChI is InChI=1S/C10H20N4O2/c1-4-5-14-9(12-7-13-14)6-8(11)10(15-2)16-3/h7-8,10H,4-6,11H2,1-3H3. The Hall–Kier alpha value is -0.980. The first-order chi connectivity index (χ1) is 7.72. The summed E-state index contributed by atoms with van der Waals surface area (Å²) in [5.41, 5.74) is 5.96. The highest BCUT2D eigenvalue weighted by molar-refractivity contribution is 4.90. The van der Waals surface area contributed by atoms with Crippen LogP contribution in [0.15, 0.2) is 6.33 Å². The fourth-order valence-electron chi connectivity index (χ4n) is 1.60. The van der Waals surface area contributed by atoms with Gasteiger partial charge in [-0.05, 0) is 6.42 Å². The van der Waals surface area contributed by atoms with Crippen LogP contribution in [-0.2, 0) is 22.4 Å². The summed E-state index contributed by atoms with van der Waals surface area (Å²) in [5, 5.41) is 4.14. The van der Waals surface area contributed by atoms with Crippen molar-refractivity contribution >= 4 is 0 Å². The Bertz CT molecular complexity index is 299. The minimum Gasteiger partial charge on any atom is -0.354 e. The lowest BCUT2D eigenvalue weighted by molar-refractivity contribution is -0.116. The molecule has 1 heterocycles. The number of ether oxygens (including phenoxy) is 2. The van der Waals surface area contributed by atoms with Crippen molar-refractivity contribution in [2.75, 3.05) is 14.2 Å². The van der Waals surface area contributed by atoms with Crippen molar-refractivity contribution in [3.8, 4) is 0 Å². The third kappa shape index (κ3) is 3.26. The molecule has 0 radical (unpaired) electrons. The Labute approximate surface area is 95.7 Å². The first-order valence-corrected chi connectivity index (χ1v) is 5.40. The molecule has 92 valence electrons. The van der Waals surface area contributed by atoms with Crippen molar-refractivity contribution in [3.63, 3.8) is 0 Å². The number of nitrogens with zero attached hydrogens (tertiary/aromatic N) is 3. The van der Waals surface area contributed by atoms with Crippen LogP contribution in [0.1, 0.15) is 19.2 Å². The fourth-order valence-corrected chi connectivity index (χ4v) is 1.60. The van der Waals surface area contributed by atoms with Gasteiger partial charge in [-0.15, -0.1) is 0 Å². The highest BCUT2D eigenvalue weighted by Gasteiger charge is 2.19. The van der Waals surface area contributed by atoms with Crippen LogP contribution in [0.25, 0.3) is 0 Å². The summed E-state index contributed by atoms with van der Waals surface area (Å²) in [6, 6.07) is -0.241. The largest absolute Gasteiger partial charge is 0.354 e. The van der Waals surface area contributed by atoms with Gasteiger partial charge in [0, 0.05) is 27.2 Å². The highest BCUT2D eigenvalue weighted by atomic mass is 16.7. The lowest BCUT2D eigenvalue weighted by atomic mass is 10.2. The minimum atomic E-state index is -0.410. The molecule has 0 bridgehead atoms. The van der Waals surface area contributed by atoms with Crippen LogP contribution in [0.5, 0.6) is 0 Å². The molecule has 0 spiro atoms. The van der Waals surface area contributed by atoms with E-state index in [0.717, 1.165) is 18.8 Å². The van der Waals surface area contributed by atoms with Gasteiger partial charge in [0.1, 0.15) is 12.2 Å². The molecule has 0 fully saturated rings. The monoisotopic (exact) mass is 228 g/mol. The molecule has 0 amide bonds. The van der Waals surface area contributed by atoms with E-state index in [2.05, 4.69) is 17.0 Å². The predicted molar refractivity (Wildman–Crippen MR) is 59.8 cm³/mol. The highest BCUT2D eigenvalue weighted by Crippen LogP contribution is 2.05. The summed E-state index contributed by atoms with van der Waals surface area (Å²) >= 11 is 0. The molecular weight excluding hydrogens is 208 g/mol. The Balaban J connectivity index is 2.61. The van der Waals surface area contributed by atoms with Crippen molar-refractivity contribution in [3.05, 3.63) is 12.2 Å². The number of nitrogens with two attached hydrogens (primary N) is 1. The van der Waals surface area contributed by atoms with Gasteiger partial charge < -0.3 is 15.2 Å². The molecule has 1 aromatic heterocycles. The molecule has 6 nitrogen and oxygen atoms in total. The number of hydrogen-bond donors (Lipinski definition) is 1. The zero-order valence-electron chi connectivity index (χ0n) is 10.1. The molecule has 16 heavy (non-hydrogen) atoms. The number of methoxy groups -OCH3 is 2. The van der Waals surface area contributed by atoms with E-state index in [9.17, 15) is 0 Å². The zero-order valence-corrected chi connectivity index (χ0v) is 10.1. The lowest BCUT2D eigenvalue weighted by Crippen LogP contribution is -2.40. The van der Waals surface area contributed by atoms with Crippen molar-refractivity contribution in [1.29, 1.82) is 0 Å². The summed E-state index contributed by atoms with van der Waals surface area (Å²) in [6.07, 6.45) is 2.74. The molecule has 0 saturated heterocycles. The summed E-state index contributed by atoms with van der Waals surface area (Å²) < 4.78 is 12.1. The van der Waals surface area contributed by atoms with Crippen molar-refractivity contribution in [2.45, 2.75) is 38.6 Å². The van der Waals surface area contributed by atoms with Gasteiger partial charge in [-0.3, -0.25) is 4.68 Å². The van der Waals surface area contributed by atoms with E-state index in [-0.39, 0.29) is 6.04 Å². The second kappa shape index (κ2) is 6.57. The second-order valence-corrected chi connectivity index (χ2v) is 3.61. The van der Waals surface area contributed by atoms with Crippen LogP contribution in [0.3, 0.4) is 0 Å². The fraction of sp³-hybridized carbons (Fsp3) is 0.800. The van der Waals surface area contributed by atoms with Crippen LogP contribution in [-0.4, -0.2) is 41.3 Å². The Morgan fingerprint density at radius 2 is 2.12 bits per heavy atom. The molecule has 1 aromatic rings. The van der Waals surface area contributed by atoms with Gasteiger partial charge in [0.2, 0.25) is 0 Å². The Kier molecular flexibility index (Phi) is 5.37. The first kappa shape index (κ1) is 13.1. The van der Waals surface area contributed by atoms with E-state index in [0.29, 0.717) is 6.42 Å². The van der Waals surface area contributed by atoms with E-state index in [1.54, 1.807) is 20.5 Å². The SMILES string of the molecule is CCCn1ncnc1CC(N)C(OC)OC. The van der Waals surface area contributed by atoms with Crippen molar-refractivity contribution < 1.29 is 9.47 Å². The summed E-state index contributed by atoms with van der Waals surface area (Å²) in [7, 11) is 3.15. The summed E-state index contributed by atoms with van der Waals surface area (Å²) in [6.45, 7) is 2.95. The first-order valence-electron chi connectivity index (χ1n) is 5.40. The third-order valence-corrected chi connectivity index (χ3v) is 2.36. The average molecular weight is 228 g/mol. The molecule has 1 unspecified atom stereocenters.